The maximum atomic E-state index is 14.1. The van der Waals surface area contributed by atoms with Crippen LogP contribution in [-0.2, 0) is 25.7 Å². The van der Waals surface area contributed by atoms with Crippen LogP contribution in [-0.4, -0.2) is 60.7 Å². The molecule has 1 aliphatic carbocycles. The summed E-state index contributed by atoms with van der Waals surface area (Å²) in [5.41, 5.74) is 1.77. The lowest BCUT2D eigenvalue weighted by Gasteiger charge is -2.40. The summed E-state index contributed by atoms with van der Waals surface area (Å²) in [6, 6.07) is 10.5. The van der Waals surface area contributed by atoms with Gasteiger partial charge in [0, 0.05) is 60.8 Å². The first kappa shape index (κ1) is 30.7. The van der Waals surface area contributed by atoms with Crippen molar-refractivity contribution in [3.05, 3.63) is 76.2 Å². The van der Waals surface area contributed by atoms with Crippen molar-refractivity contribution in [1.82, 2.24) is 35.0 Å². The highest BCUT2D eigenvalue weighted by Crippen LogP contribution is 2.48. The van der Waals surface area contributed by atoms with E-state index in [1.807, 2.05) is 5.10 Å². The van der Waals surface area contributed by atoms with E-state index in [4.69, 9.17) is 16.3 Å². The summed E-state index contributed by atoms with van der Waals surface area (Å²) in [6.45, 7) is 4.52. The van der Waals surface area contributed by atoms with Crippen molar-refractivity contribution in [1.29, 1.82) is 5.26 Å². The molecule has 2 aliphatic rings. The Hall–Kier alpha value is -4.35. The van der Waals surface area contributed by atoms with Gasteiger partial charge in [0.15, 0.2) is 5.82 Å². The zero-order valence-electron chi connectivity index (χ0n) is 24.2. The number of aromatic amines is 1. The van der Waals surface area contributed by atoms with Gasteiger partial charge >= 0.3 is 12.2 Å². The van der Waals surface area contributed by atoms with Crippen molar-refractivity contribution in [3.8, 4) is 23.5 Å². The molecule has 0 unspecified atom stereocenters. The van der Waals surface area contributed by atoms with E-state index in [-0.39, 0.29) is 24.5 Å². The summed E-state index contributed by atoms with van der Waals surface area (Å²) in [5, 5.41) is 15.7. The molecular formula is C30H28ClF4N9O. The van der Waals surface area contributed by atoms with E-state index < -0.39 is 23.2 Å². The predicted octanol–water partition coefficient (Wildman–Crippen LogP) is 5.60. The van der Waals surface area contributed by atoms with Gasteiger partial charge in [-0.3, -0.25) is 15.0 Å². The summed E-state index contributed by atoms with van der Waals surface area (Å²) in [6.07, 6.45) is 0.414. The van der Waals surface area contributed by atoms with E-state index in [9.17, 15) is 22.8 Å². The van der Waals surface area contributed by atoms with Crippen molar-refractivity contribution < 1.29 is 22.3 Å². The topological polar surface area (TPSA) is 120 Å². The fourth-order valence-corrected chi connectivity index (χ4v) is 5.47. The first-order valence-corrected chi connectivity index (χ1v) is 14.7. The van der Waals surface area contributed by atoms with Crippen molar-refractivity contribution in [3.63, 3.8) is 0 Å². The molecule has 1 aromatic carbocycles. The number of piperazine rings is 1. The number of halogens is 5. The molecule has 1 N–H and O–H groups in total. The van der Waals surface area contributed by atoms with Gasteiger partial charge < -0.3 is 9.64 Å². The number of aromatic nitrogens is 6. The molecule has 0 spiro atoms. The van der Waals surface area contributed by atoms with Gasteiger partial charge in [-0.05, 0) is 56.0 Å². The van der Waals surface area contributed by atoms with Crippen LogP contribution in [0.15, 0.2) is 42.7 Å². The third-order valence-electron chi connectivity index (χ3n) is 8.12. The highest BCUT2D eigenvalue weighted by molar-refractivity contribution is 6.30. The molecule has 1 atom stereocenters. The Labute approximate surface area is 261 Å². The molecule has 1 saturated heterocycles. The third-order valence-corrected chi connectivity index (χ3v) is 8.36. The summed E-state index contributed by atoms with van der Waals surface area (Å²) >= 11 is 5.83. The smallest absolute Gasteiger partial charge is 0.451 e. The first-order chi connectivity index (χ1) is 21.5. The fourth-order valence-electron chi connectivity index (χ4n) is 5.31. The molecule has 15 heteroatoms. The summed E-state index contributed by atoms with van der Waals surface area (Å²) in [7, 11) is 0. The second kappa shape index (κ2) is 12.2. The molecule has 10 nitrogen and oxygen atoms in total. The highest BCUT2D eigenvalue weighted by Gasteiger charge is 2.44. The largest absolute Gasteiger partial charge is 0.458 e. The molecule has 45 heavy (non-hydrogen) atoms. The number of alkyl halides is 3. The molecule has 0 amide bonds. The Morgan fingerprint density at radius 3 is 2.64 bits per heavy atom. The van der Waals surface area contributed by atoms with Crippen LogP contribution in [0.4, 0.5) is 23.4 Å². The monoisotopic (exact) mass is 641 g/mol. The number of ether oxygens (including phenoxy) is 1. The normalized spacial score (nSPS) is 18.1. The lowest BCUT2D eigenvalue weighted by atomic mass is 9.95. The van der Waals surface area contributed by atoms with Crippen LogP contribution >= 0.6 is 11.6 Å². The summed E-state index contributed by atoms with van der Waals surface area (Å²) in [4.78, 5) is 21.3. The summed E-state index contributed by atoms with van der Waals surface area (Å²) in [5.74, 6) is -1.06. The van der Waals surface area contributed by atoms with Crippen LogP contribution in [0.1, 0.15) is 42.4 Å². The number of hydrogen-bond acceptors (Lipinski definition) is 9. The third kappa shape index (κ3) is 6.99. The van der Waals surface area contributed by atoms with Crippen molar-refractivity contribution >= 4 is 17.4 Å². The van der Waals surface area contributed by atoms with Gasteiger partial charge in [-0.15, -0.1) is 0 Å². The number of H-pyrrole nitrogens is 1. The molecule has 1 aliphatic heterocycles. The van der Waals surface area contributed by atoms with E-state index in [1.54, 1.807) is 30.5 Å². The van der Waals surface area contributed by atoms with Crippen molar-refractivity contribution in [2.75, 3.05) is 24.5 Å². The minimum Gasteiger partial charge on any atom is -0.458 e. The van der Waals surface area contributed by atoms with Gasteiger partial charge in [0.25, 0.3) is 0 Å². The number of nitrogens with one attached hydrogen (secondary N) is 1. The summed E-state index contributed by atoms with van der Waals surface area (Å²) < 4.78 is 59.1. The Balaban J connectivity index is 1.14. The van der Waals surface area contributed by atoms with Crippen LogP contribution in [0, 0.1) is 22.6 Å². The van der Waals surface area contributed by atoms with E-state index >= 15 is 0 Å². The lowest BCUT2D eigenvalue weighted by molar-refractivity contribution is -0.144. The number of nitriles is 1. The number of anilines is 1. The van der Waals surface area contributed by atoms with Gasteiger partial charge in [0.1, 0.15) is 18.2 Å². The van der Waals surface area contributed by atoms with Gasteiger partial charge in [-0.1, -0.05) is 17.7 Å². The lowest BCUT2D eigenvalue weighted by Crippen LogP contribution is -2.51. The molecule has 1 saturated carbocycles. The average Bonchev–Trinajstić information content (AvgIpc) is 3.59. The molecule has 6 rings (SSSR count). The zero-order valence-corrected chi connectivity index (χ0v) is 24.9. The van der Waals surface area contributed by atoms with Gasteiger partial charge in [-0.2, -0.15) is 28.5 Å². The van der Waals surface area contributed by atoms with Crippen LogP contribution in [0.25, 0.3) is 11.4 Å². The van der Waals surface area contributed by atoms with Crippen molar-refractivity contribution in [2.45, 2.75) is 51.6 Å². The van der Waals surface area contributed by atoms with Crippen LogP contribution < -0.4 is 9.64 Å². The molecule has 0 bridgehead atoms. The first-order valence-electron chi connectivity index (χ1n) is 14.3. The van der Waals surface area contributed by atoms with E-state index in [0.717, 1.165) is 24.1 Å². The fraction of sp³-hybridized carbons (Fsp3) is 0.400. The molecular weight excluding hydrogens is 614 g/mol. The predicted molar refractivity (Wildman–Crippen MR) is 155 cm³/mol. The second-order valence-electron chi connectivity index (χ2n) is 11.4. The number of benzene rings is 1. The van der Waals surface area contributed by atoms with E-state index in [2.05, 4.69) is 47.8 Å². The molecule has 4 aromatic rings. The second-order valence-corrected chi connectivity index (χ2v) is 11.8. The molecule has 0 radical (unpaired) electrons. The minimum absolute atomic E-state index is 0.0441. The Kier molecular flexibility index (Phi) is 8.32. The molecule has 234 valence electrons. The van der Waals surface area contributed by atoms with Gasteiger partial charge in [0.05, 0.1) is 17.2 Å². The van der Waals surface area contributed by atoms with Gasteiger partial charge in [-0.25, -0.2) is 14.4 Å². The van der Waals surface area contributed by atoms with Gasteiger partial charge in [0.2, 0.25) is 5.82 Å². The number of nitrogens with zero attached hydrogens (tertiary/aromatic N) is 8. The maximum absolute atomic E-state index is 14.1. The number of hydrogen-bond donors (Lipinski definition) is 1. The van der Waals surface area contributed by atoms with Crippen molar-refractivity contribution in [2.24, 2.45) is 5.41 Å². The zero-order chi connectivity index (χ0) is 31.8. The SMILES string of the molecule is C[C@@H]1CN(c2ccnc(OCc3ccc(Cl)cc3F)n2)CCN1Cc1ncc(-c2n[nH]c(C(F)(F)F)n2)cc1CC1(C#N)CC1. The highest BCUT2D eigenvalue weighted by atomic mass is 35.5. The minimum atomic E-state index is -4.64. The van der Waals surface area contributed by atoms with Crippen LogP contribution in [0.3, 0.4) is 0 Å². The Morgan fingerprint density at radius 2 is 1.96 bits per heavy atom. The quantitative estimate of drug-likeness (QED) is 0.233. The Bertz CT molecular complexity index is 1740. The van der Waals surface area contributed by atoms with Crippen LogP contribution in [0.5, 0.6) is 6.01 Å². The van der Waals surface area contributed by atoms with E-state index in [1.165, 1.54) is 12.3 Å². The number of rotatable bonds is 9. The molecule has 2 fully saturated rings. The standard InChI is InChI=1S/C30H28ClF4N9O/c1-18-14-44(25-4-7-37-28(39-25)45-16-19-2-3-22(31)11-23(19)32)9-8-43(18)15-24-20(12-29(17-36)5-6-29)10-21(13-38-24)26-40-27(42-41-26)30(33,34)35/h2-4,7,10-11,13,18H,5-6,8-9,12,14-16H2,1H3,(H,40,41,42)/t18-/m1/s1. The Morgan fingerprint density at radius 1 is 1.13 bits per heavy atom. The molecule has 3 aromatic heterocycles. The average molecular weight is 642 g/mol. The maximum Gasteiger partial charge on any atom is 0.451 e. The molecule has 4 heterocycles. The number of pyridine rings is 1. The van der Waals surface area contributed by atoms with E-state index in [0.29, 0.717) is 54.6 Å². The van der Waals surface area contributed by atoms with Crippen LogP contribution in [0.2, 0.25) is 5.02 Å².